The highest BCUT2D eigenvalue weighted by Gasteiger charge is 2.20. The van der Waals surface area contributed by atoms with Crippen LogP contribution >= 0.6 is 0 Å². The average Bonchev–Trinajstić information content (AvgIpc) is 3.20. The second kappa shape index (κ2) is 8.44. The van der Waals surface area contributed by atoms with Crippen molar-refractivity contribution in [2.45, 2.75) is 38.6 Å². The molecule has 2 aromatic rings. The summed E-state index contributed by atoms with van der Waals surface area (Å²) in [6, 6.07) is 5.16. The zero-order chi connectivity index (χ0) is 21.1. The number of carbonyl (C=O) groups is 1. The van der Waals surface area contributed by atoms with E-state index >= 15 is 0 Å². The minimum atomic E-state index is -0.911. The van der Waals surface area contributed by atoms with Gasteiger partial charge in [-0.1, -0.05) is 23.8 Å². The lowest BCUT2D eigenvalue weighted by molar-refractivity contribution is 0.104. The molecular weight excluding hydrogens is 388 g/mol. The number of nitrogens with zero attached hydrogens (tertiary/aromatic N) is 1. The number of ether oxygens (including phenoxy) is 2. The second-order valence-corrected chi connectivity index (χ2v) is 7.28. The molecule has 0 atom stereocenters. The number of fused-ring (bicyclic) bond motifs is 1. The van der Waals surface area contributed by atoms with Gasteiger partial charge in [0.25, 0.3) is 5.56 Å². The standard InChI is InChI=1S/C22H22N2O6/c25-16(8-6-15-7-9-17-18(12-15)30-13-29-17)19-20(26)23-22(28)24(21(19)27)11-10-14-4-2-1-3-5-14/h4,6-9,12,27H,1-3,5,10-11,13H2,(H,23,26,28)/b8-6+. The minimum absolute atomic E-state index is 0.142. The number of hydrogen-bond donors (Lipinski definition) is 2. The third kappa shape index (κ3) is 4.07. The van der Waals surface area contributed by atoms with Crippen molar-refractivity contribution in [3.63, 3.8) is 0 Å². The number of hydrogen-bond acceptors (Lipinski definition) is 6. The zero-order valence-electron chi connectivity index (χ0n) is 16.3. The van der Waals surface area contributed by atoms with Crippen LogP contribution in [0.15, 0.2) is 45.5 Å². The molecule has 0 bridgehead atoms. The third-order valence-corrected chi connectivity index (χ3v) is 5.28. The van der Waals surface area contributed by atoms with E-state index < -0.39 is 28.5 Å². The van der Waals surface area contributed by atoms with Crippen molar-refractivity contribution < 1.29 is 19.4 Å². The zero-order valence-corrected chi connectivity index (χ0v) is 16.3. The van der Waals surface area contributed by atoms with Gasteiger partial charge < -0.3 is 14.6 Å². The fraction of sp³-hybridized carbons (Fsp3) is 0.318. The van der Waals surface area contributed by atoms with Crippen molar-refractivity contribution in [2.24, 2.45) is 0 Å². The Balaban J connectivity index is 1.56. The van der Waals surface area contributed by atoms with Crippen LogP contribution in [0.1, 0.15) is 48.0 Å². The number of aromatic amines is 1. The molecule has 1 aliphatic heterocycles. The fourth-order valence-electron chi connectivity index (χ4n) is 3.65. The molecule has 2 aliphatic rings. The Kier molecular flexibility index (Phi) is 5.56. The van der Waals surface area contributed by atoms with Gasteiger partial charge in [0.2, 0.25) is 12.7 Å². The molecule has 0 radical (unpaired) electrons. The molecule has 2 heterocycles. The van der Waals surface area contributed by atoms with E-state index in [0.29, 0.717) is 23.5 Å². The smallest absolute Gasteiger partial charge is 0.331 e. The SMILES string of the molecule is O=C(/C=C/c1ccc2c(c1)OCO2)c1c(O)n(CCC2=CCCCC2)c(=O)[nH]c1=O. The van der Waals surface area contributed by atoms with Gasteiger partial charge in [-0.3, -0.25) is 19.1 Å². The summed E-state index contributed by atoms with van der Waals surface area (Å²) in [6.45, 7) is 0.336. The Hall–Kier alpha value is -3.55. The lowest BCUT2D eigenvalue weighted by Crippen LogP contribution is -2.33. The molecule has 4 rings (SSSR count). The number of H-pyrrole nitrogens is 1. The van der Waals surface area contributed by atoms with Gasteiger partial charge in [-0.15, -0.1) is 0 Å². The van der Waals surface area contributed by atoms with E-state index in [1.54, 1.807) is 18.2 Å². The molecule has 1 aliphatic carbocycles. The van der Waals surface area contributed by atoms with E-state index in [1.165, 1.54) is 17.7 Å². The van der Waals surface area contributed by atoms with Crippen molar-refractivity contribution in [2.75, 3.05) is 6.79 Å². The average molecular weight is 410 g/mol. The Morgan fingerprint density at radius 3 is 2.83 bits per heavy atom. The van der Waals surface area contributed by atoms with Gasteiger partial charge in [-0.05, 0) is 55.9 Å². The van der Waals surface area contributed by atoms with E-state index in [1.807, 2.05) is 0 Å². The Morgan fingerprint density at radius 2 is 2.03 bits per heavy atom. The van der Waals surface area contributed by atoms with Crippen LogP contribution in [0.5, 0.6) is 17.4 Å². The number of ketones is 1. The van der Waals surface area contributed by atoms with E-state index in [4.69, 9.17) is 9.47 Å². The monoisotopic (exact) mass is 410 g/mol. The lowest BCUT2D eigenvalue weighted by Gasteiger charge is -2.14. The molecule has 0 unspecified atom stereocenters. The van der Waals surface area contributed by atoms with Crippen molar-refractivity contribution in [1.82, 2.24) is 9.55 Å². The Morgan fingerprint density at radius 1 is 1.20 bits per heavy atom. The number of benzene rings is 1. The van der Waals surface area contributed by atoms with Crippen molar-refractivity contribution >= 4 is 11.9 Å². The highest BCUT2D eigenvalue weighted by atomic mass is 16.7. The van der Waals surface area contributed by atoms with E-state index in [-0.39, 0.29) is 13.3 Å². The quantitative estimate of drug-likeness (QED) is 0.430. The van der Waals surface area contributed by atoms with E-state index in [0.717, 1.165) is 30.3 Å². The molecule has 1 aromatic heterocycles. The topological polar surface area (TPSA) is 111 Å². The highest BCUT2D eigenvalue weighted by Crippen LogP contribution is 2.32. The number of nitrogens with one attached hydrogen (secondary N) is 1. The summed E-state index contributed by atoms with van der Waals surface area (Å²) in [7, 11) is 0. The van der Waals surface area contributed by atoms with Crippen LogP contribution in [0.4, 0.5) is 0 Å². The van der Waals surface area contributed by atoms with E-state index in [9.17, 15) is 19.5 Å². The number of aromatic hydroxyl groups is 1. The number of allylic oxidation sites excluding steroid dienone is 3. The summed E-state index contributed by atoms with van der Waals surface area (Å²) in [5.41, 5.74) is -0.212. The minimum Gasteiger partial charge on any atom is -0.494 e. The predicted octanol–water partition coefficient (Wildman–Crippen LogP) is 2.76. The molecule has 0 saturated carbocycles. The lowest BCUT2D eigenvalue weighted by atomic mass is 9.97. The van der Waals surface area contributed by atoms with Crippen molar-refractivity contribution in [3.8, 4) is 17.4 Å². The molecule has 156 valence electrons. The molecule has 2 N–H and O–H groups in total. The van der Waals surface area contributed by atoms with Crippen molar-refractivity contribution in [1.29, 1.82) is 0 Å². The van der Waals surface area contributed by atoms with Gasteiger partial charge >= 0.3 is 5.69 Å². The summed E-state index contributed by atoms with van der Waals surface area (Å²) < 4.78 is 11.6. The van der Waals surface area contributed by atoms with Crippen LogP contribution in [0, 0.1) is 0 Å². The summed E-state index contributed by atoms with van der Waals surface area (Å²) >= 11 is 0. The summed E-state index contributed by atoms with van der Waals surface area (Å²) in [5.74, 6) is -0.124. The molecule has 0 spiro atoms. The predicted molar refractivity (Wildman–Crippen MR) is 110 cm³/mol. The van der Waals surface area contributed by atoms with Crippen LogP contribution in [-0.4, -0.2) is 27.2 Å². The second-order valence-electron chi connectivity index (χ2n) is 7.28. The van der Waals surface area contributed by atoms with E-state index in [2.05, 4.69) is 11.1 Å². The molecule has 0 fully saturated rings. The molecular formula is C22H22N2O6. The molecule has 0 saturated heterocycles. The molecule has 0 amide bonds. The van der Waals surface area contributed by atoms with Crippen LogP contribution in [-0.2, 0) is 6.54 Å². The molecule has 8 heteroatoms. The van der Waals surface area contributed by atoms with Crippen LogP contribution in [0.2, 0.25) is 0 Å². The summed E-state index contributed by atoms with van der Waals surface area (Å²) in [6.07, 6.45) is 9.65. The highest BCUT2D eigenvalue weighted by molar-refractivity contribution is 6.08. The first kappa shape index (κ1) is 19.8. The van der Waals surface area contributed by atoms with Crippen LogP contribution in [0.3, 0.4) is 0 Å². The first-order chi connectivity index (χ1) is 14.5. The third-order valence-electron chi connectivity index (χ3n) is 5.28. The number of carbonyl (C=O) groups excluding carboxylic acids is 1. The maximum absolute atomic E-state index is 12.6. The van der Waals surface area contributed by atoms with Gasteiger partial charge in [-0.25, -0.2) is 4.79 Å². The van der Waals surface area contributed by atoms with Crippen LogP contribution < -0.4 is 20.7 Å². The summed E-state index contributed by atoms with van der Waals surface area (Å²) in [5, 5.41) is 10.5. The number of rotatable bonds is 6. The fourth-order valence-corrected chi connectivity index (χ4v) is 3.65. The Bertz CT molecular complexity index is 1160. The van der Waals surface area contributed by atoms with Gasteiger partial charge in [0.1, 0.15) is 5.56 Å². The van der Waals surface area contributed by atoms with Crippen molar-refractivity contribution in [3.05, 3.63) is 67.9 Å². The maximum atomic E-state index is 12.6. The Labute approximate surface area is 172 Å². The van der Waals surface area contributed by atoms with Gasteiger partial charge in [0.15, 0.2) is 17.3 Å². The van der Waals surface area contributed by atoms with Gasteiger partial charge in [0.05, 0.1) is 0 Å². The maximum Gasteiger partial charge on any atom is 0.331 e. The van der Waals surface area contributed by atoms with Gasteiger partial charge in [-0.2, -0.15) is 0 Å². The first-order valence-corrected chi connectivity index (χ1v) is 9.89. The first-order valence-electron chi connectivity index (χ1n) is 9.89. The molecule has 8 nitrogen and oxygen atoms in total. The molecule has 30 heavy (non-hydrogen) atoms. The normalized spacial score (nSPS) is 15.4. The summed E-state index contributed by atoms with van der Waals surface area (Å²) in [4.78, 5) is 39.1. The van der Waals surface area contributed by atoms with Crippen LogP contribution in [0.25, 0.3) is 6.08 Å². The van der Waals surface area contributed by atoms with Gasteiger partial charge in [0, 0.05) is 6.54 Å². The number of aromatic nitrogens is 2. The molecule has 1 aromatic carbocycles. The largest absolute Gasteiger partial charge is 0.494 e.